The minimum Gasteiger partial charge on any atom is -0.380 e. The lowest BCUT2D eigenvalue weighted by Crippen LogP contribution is -2.25. The molecule has 98 valence electrons. The van der Waals surface area contributed by atoms with Crippen molar-refractivity contribution in [2.24, 2.45) is 5.92 Å². The van der Waals surface area contributed by atoms with Gasteiger partial charge in [0.2, 0.25) is 0 Å². The van der Waals surface area contributed by atoms with Crippen LogP contribution in [0.4, 0.5) is 15.8 Å². The first kappa shape index (κ1) is 12.8. The number of anilines is 1. The molecule has 2 rings (SSSR count). The first-order chi connectivity index (χ1) is 8.56. The van der Waals surface area contributed by atoms with Crippen LogP contribution in [0, 0.1) is 21.8 Å². The highest BCUT2D eigenvalue weighted by atomic mass is 19.1. The van der Waals surface area contributed by atoms with Gasteiger partial charge in [-0.2, -0.15) is 0 Å². The smallest absolute Gasteiger partial charge is 0.272 e. The van der Waals surface area contributed by atoms with Gasteiger partial charge in [0.15, 0.2) is 5.82 Å². The zero-order valence-electron chi connectivity index (χ0n) is 10.4. The maximum atomic E-state index is 13.7. The van der Waals surface area contributed by atoms with Crippen molar-refractivity contribution < 1.29 is 9.31 Å². The molecule has 1 fully saturated rings. The van der Waals surface area contributed by atoms with Gasteiger partial charge in [0.25, 0.3) is 5.69 Å². The highest BCUT2D eigenvalue weighted by Crippen LogP contribution is 2.28. The lowest BCUT2D eigenvalue weighted by molar-refractivity contribution is -0.385. The number of nitrogens with zero attached hydrogens (tertiary/aromatic N) is 1. The SMILES string of the molecule is CC1CCC(Nc2ccc([N+](=O)[O-])cc2F)CC1. The van der Waals surface area contributed by atoms with Crippen molar-refractivity contribution in [3.05, 3.63) is 34.1 Å². The Labute approximate surface area is 105 Å². The van der Waals surface area contributed by atoms with Gasteiger partial charge >= 0.3 is 0 Å². The number of nitro benzene ring substituents is 1. The molecule has 0 spiro atoms. The molecule has 1 N–H and O–H groups in total. The lowest BCUT2D eigenvalue weighted by Gasteiger charge is -2.27. The normalized spacial score (nSPS) is 23.7. The van der Waals surface area contributed by atoms with Gasteiger partial charge in [-0.25, -0.2) is 4.39 Å². The van der Waals surface area contributed by atoms with Crippen LogP contribution in [0.2, 0.25) is 0 Å². The van der Waals surface area contributed by atoms with Crippen LogP contribution >= 0.6 is 0 Å². The Morgan fingerprint density at radius 3 is 2.56 bits per heavy atom. The topological polar surface area (TPSA) is 55.2 Å². The highest BCUT2D eigenvalue weighted by Gasteiger charge is 2.19. The Bertz CT molecular complexity index is 443. The van der Waals surface area contributed by atoms with Crippen LogP contribution < -0.4 is 5.32 Å². The van der Waals surface area contributed by atoms with Gasteiger partial charge in [-0.1, -0.05) is 6.92 Å². The number of hydrogen-bond donors (Lipinski definition) is 1. The van der Waals surface area contributed by atoms with Gasteiger partial charge in [0.1, 0.15) is 0 Å². The molecule has 0 atom stereocenters. The van der Waals surface area contributed by atoms with E-state index in [4.69, 9.17) is 0 Å². The second-order valence-corrected chi connectivity index (χ2v) is 5.02. The monoisotopic (exact) mass is 252 g/mol. The van der Waals surface area contributed by atoms with E-state index in [-0.39, 0.29) is 11.7 Å². The molecule has 18 heavy (non-hydrogen) atoms. The molecule has 0 radical (unpaired) electrons. The molecule has 0 unspecified atom stereocenters. The summed E-state index contributed by atoms with van der Waals surface area (Å²) in [6.45, 7) is 2.22. The third kappa shape index (κ3) is 2.97. The number of non-ortho nitro benzene ring substituents is 1. The van der Waals surface area contributed by atoms with Gasteiger partial charge in [0.05, 0.1) is 16.7 Å². The molecular formula is C13H17FN2O2. The number of nitro groups is 1. The molecule has 1 aromatic carbocycles. The summed E-state index contributed by atoms with van der Waals surface area (Å²) >= 11 is 0. The van der Waals surface area contributed by atoms with Crippen LogP contribution in [0.5, 0.6) is 0 Å². The first-order valence-corrected chi connectivity index (χ1v) is 6.26. The molecule has 5 heteroatoms. The third-order valence-electron chi connectivity index (χ3n) is 3.54. The van der Waals surface area contributed by atoms with Crippen molar-refractivity contribution in [3.63, 3.8) is 0 Å². The average molecular weight is 252 g/mol. The van der Waals surface area contributed by atoms with Crippen molar-refractivity contribution in [2.45, 2.75) is 38.6 Å². The maximum absolute atomic E-state index is 13.7. The second-order valence-electron chi connectivity index (χ2n) is 5.02. The Hall–Kier alpha value is -1.65. The summed E-state index contributed by atoms with van der Waals surface area (Å²) in [6.07, 6.45) is 4.34. The Morgan fingerprint density at radius 2 is 2.00 bits per heavy atom. The second kappa shape index (κ2) is 5.33. The summed E-state index contributed by atoms with van der Waals surface area (Å²) in [7, 11) is 0. The van der Waals surface area contributed by atoms with Crippen LogP contribution in [-0.4, -0.2) is 11.0 Å². The van der Waals surface area contributed by atoms with Gasteiger partial charge in [-0.3, -0.25) is 10.1 Å². The minimum atomic E-state index is -0.588. The van der Waals surface area contributed by atoms with Crippen LogP contribution in [0.15, 0.2) is 18.2 Å². The summed E-state index contributed by atoms with van der Waals surface area (Å²) in [5.74, 6) is 0.188. The fourth-order valence-electron chi connectivity index (χ4n) is 2.36. The lowest BCUT2D eigenvalue weighted by atomic mass is 9.87. The molecule has 0 heterocycles. The van der Waals surface area contributed by atoms with Gasteiger partial charge in [0, 0.05) is 12.1 Å². The Balaban J connectivity index is 2.03. The molecule has 0 aliphatic heterocycles. The molecule has 0 saturated heterocycles. The van der Waals surface area contributed by atoms with Crippen LogP contribution in [0.1, 0.15) is 32.6 Å². The number of nitrogens with one attached hydrogen (secondary N) is 1. The van der Waals surface area contributed by atoms with Crippen molar-refractivity contribution in [2.75, 3.05) is 5.32 Å². The predicted molar refractivity (Wildman–Crippen MR) is 68.1 cm³/mol. The van der Waals surface area contributed by atoms with Crippen molar-refractivity contribution in [1.82, 2.24) is 0 Å². The van der Waals surface area contributed by atoms with Crippen LogP contribution in [-0.2, 0) is 0 Å². The number of hydrogen-bond acceptors (Lipinski definition) is 3. The summed E-state index contributed by atoms with van der Waals surface area (Å²) in [5, 5.41) is 13.6. The fourth-order valence-corrected chi connectivity index (χ4v) is 2.36. The van der Waals surface area contributed by atoms with Gasteiger partial charge in [-0.05, 0) is 37.7 Å². The third-order valence-corrected chi connectivity index (χ3v) is 3.54. The van der Waals surface area contributed by atoms with Gasteiger partial charge in [-0.15, -0.1) is 0 Å². The molecule has 1 aliphatic rings. The Morgan fingerprint density at radius 1 is 1.33 bits per heavy atom. The quantitative estimate of drug-likeness (QED) is 0.658. The number of halogens is 1. The van der Waals surface area contributed by atoms with E-state index in [0.29, 0.717) is 5.69 Å². The van der Waals surface area contributed by atoms with E-state index in [2.05, 4.69) is 12.2 Å². The largest absolute Gasteiger partial charge is 0.380 e. The molecular weight excluding hydrogens is 235 g/mol. The van der Waals surface area contributed by atoms with E-state index in [9.17, 15) is 14.5 Å². The van der Waals surface area contributed by atoms with E-state index in [0.717, 1.165) is 37.7 Å². The zero-order chi connectivity index (χ0) is 13.1. The zero-order valence-corrected chi connectivity index (χ0v) is 10.4. The van der Waals surface area contributed by atoms with E-state index >= 15 is 0 Å². The highest BCUT2D eigenvalue weighted by molar-refractivity contribution is 5.50. The van der Waals surface area contributed by atoms with E-state index in [1.165, 1.54) is 12.1 Å². The molecule has 0 bridgehead atoms. The standard InChI is InChI=1S/C13H17FN2O2/c1-9-2-4-10(5-3-9)15-13-7-6-11(16(17)18)8-12(13)14/h6-10,15H,2-5H2,1H3. The maximum Gasteiger partial charge on any atom is 0.272 e. The number of rotatable bonds is 3. The first-order valence-electron chi connectivity index (χ1n) is 6.26. The van der Waals surface area contributed by atoms with Crippen LogP contribution in [0.25, 0.3) is 0 Å². The molecule has 1 aromatic rings. The van der Waals surface area contributed by atoms with Crippen LogP contribution in [0.3, 0.4) is 0 Å². The molecule has 1 saturated carbocycles. The Kier molecular flexibility index (Phi) is 3.79. The predicted octanol–water partition coefficient (Wildman–Crippen LogP) is 3.72. The van der Waals surface area contributed by atoms with E-state index < -0.39 is 10.7 Å². The summed E-state index contributed by atoms with van der Waals surface area (Å²) < 4.78 is 13.7. The molecule has 0 amide bonds. The molecule has 4 nitrogen and oxygen atoms in total. The van der Waals surface area contributed by atoms with Crippen molar-refractivity contribution in [1.29, 1.82) is 0 Å². The molecule has 1 aliphatic carbocycles. The molecule has 0 aromatic heterocycles. The van der Waals surface area contributed by atoms with Crippen molar-refractivity contribution in [3.8, 4) is 0 Å². The summed E-state index contributed by atoms with van der Waals surface area (Å²) in [6, 6.07) is 4.02. The summed E-state index contributed by atoms with van der Waals surface area (Å²) in [4.78, 5) is 9.92. The van der Waals surface area contributed by atoms with Gasteiger partial charge < -0.3 is 5.32 Å². The fraction of sp³-hybridized carbons (Fsp3) is 0.538. The minimum absolute atomic E-state index is 0.213. The summed E-state index contributed by atoms with van der Waals surface area (Å²) in [5.41, 5.74) is 0.149. The average Bonchev–Trinajstić information content (AvgIpc) is 2.34. The van der Waals surface area contributed by atoms with E-state index in [1.807, 2.05) is 0 Å². The van der Waals surface area contributed by atoms with E-state index in [1.54, 1.807) is 0 Å². The number of benzene rings is 1. The van der Waals surface area contributed by atoms with Crippen molar-refractivity contribution >= 4 is 11.4 Å².